The molecule has 41 heavy (non-hydrogen) atoms. The molecule has 0 aliphatic rings. The number of aryl methyl sites for hydroxylation is 2. The van der Waals surface area contributed by atoms with E-state index in [1.54, 1.807) is 32.9 Å². The number of ether oxygens (including phenoxy) is 2. The summed E-state index contributed by atoms with van der Waals surface area (Å²) in [7, 11) is 1.23. The molecule has 3 N–H and O–H groups in total. The number of hydrogen-bond acceptors (Lipinski definition) is 7. The topological polar surface area (TPSA) is 134 Å². The number of unbranched alkanes of at least 4 members (excludes halogenated alkanes) is 1. The second-order valence-corrected chi connectivity index (χ2v) is 11.1. The fraction of sp³-hybridized carbons (Fsp3) is 0.484. The van der Waals surface area contributed by atoms with Gasteiger partial charge in [0.1, 0.15) is 30.0 Å². The maximum absolute atomic E-state index is 14.3. The number of nitrogens with one attached hydrogen (secondary N) is 2. The van der Waals surface area contributed by atoms with Crippen LogP contribution in [-0.4, -0.2) is 65.7 Å². The fourth-order valence-corrected chi connectivity index (χ4v) is 4.38. The quantitative estimate of drug-likeness (QED) is 0.328. The van der Waals surface area contributed by atoms with Gasteiger partial charge in [0, 0.05) is 13.0 Å². The first-order valence-corrected chi connectivity index (χ1v) is 13.7. The average Bonchev–Trinajstić information content (AvgIpc) is 2.88. The second kappa shape index (κ2) is 15.1. The van der Waals surface area contributed by atoms with Crippen LogP contribution in [0.3, 0.4) is 0 Å². The Balaban J connectivity index is 2.58. The van der Waals surface area contributed by atoms with E-state index < -0.39 is 41.6 Å². The number of methoxy groups -OCH3 is 1. The summed E-state index contributed by atoms with van der Waals surface area (Å²) in [6.45, 7) is 10.8. The summed E-state index contributed by atoms with van der Waals surface area (Å²) in [5.41, 5.74) is 2.27. The van der Waals surface area contributed by atoms with Crippen LogP contribution in [0.2, 0.25) is 0 Å². The molecule has 0 aliphatic heterocycles. The first kappa shape index (κ1) is 33.1. The Morgan fingerprint density at radius 1 is 1.00 bits per heavy atom. The normalized spacial score (nSPS) is 12.6. The Bertz CT molecular complexity index is 1180. The summed E-state index contributed by atoms with van der Waals surface area (Å²) >= 11 is 0. The van der Waals surface area contributed by atoms with Crippen molar-refractivity contribution in [2.45, 2.75) is 78.5 Å². The molecular formula is C31H43N3O7. The molecule has 3 amide bonds. The van der Waals surface area contributed by atoms with Crippen molar-refractivity contribution in [3.8, 4) is 5.75 Å². The Morgan fingerprint density at radius 2 is 1.61 bits per heavy atom. The largest absolute Gasteiger partial charge is 0.508 e. The highest BCUT2D eigenvalue weighted by Gasteiger charge is 2.36. The molecule has 2 aromatic carbocycles. The number of esters is 1. The number of alkyl carbamates (subject to hydrolysis) is 1. The zero-order valence-electron chi connectivity index (χ0n) is 25.1. The smallest absolute Gasteiger partial charge is 0.408 e. The zero-order chi connectivity index (χ0) is 30.7. The van der Waals surface area contributed by atoms with E-state index >= 15 is 0 Å². The Kier molecular flexibility index (Phi) is 12.2. The Labute approximate surface area is 242 Å². The van der Waals surface area contributed by atoms with Crippen LogP contribution >= 0.6 is 0 Å². The minimum atomic E-state index is -1.09. The highest BCUT2D eigenvalue weighted by Crippen LogP contribution is 2.26. The summed E-state index contributed by atoms with van der Waals surface area (Å²) in [4.78, 5) is 54.1. The lowest BCUT2D eigenvalue weighted by molar-refractivity contribution is -0.144. The number of rotatable bonds is 12. The van der Waals surface area contributed by atoms with Gasteiger partial charge in [-0.2, -0.15) is 0 Å². The van der Waals surface area contributed by atoms with Gasteiger partial charge < -0.3 is 30.1 Å². The van der Waals surface area contributed by atoms with E-state index in [1.807, 2.05) is 39.0 Å². The van der Waals surface area contributed by atoms with Crippen LogP contribution in [0.5, 0.6) is 5.75 Å². The maximum atomic E-state index is 14.3. The van der Waals surface area contributed by atoms with Crippen LogP contribution in [0, 0.1) is 13.8 Å². The predicted octanol–water partition coefficient (Wildman–Crippen LogP) is 4.10. The van der Waals surface area contributed by atoms with Crippen molar-refractivity contribution in [1.82, 2.24) is 15.5 Å². The van der Waals surface area contributed by atoms with Crippen molar-refractivity contribution in [2.24, 2.45) is 0 Å². The molecule has 10 heteroatoms. The number of phenolic OH excluding ortho intramolecular Hbond substituents is 1. The number of amides is 3. The first-order valence-electron chi connectivity index (χ1n) is 13.7. The average molecular weight is 570 g/mol. The maximum Gasteiger partial charge on any atom is 0.408 e. The van der Waals surface area contributed by atoms with Crippen molar-refractivity contribution in [1.29, 1.82) is 0 Å². The van der Waals surface area contributed by atoms with E-state index in [2.05, 4.69) is 15.4 Å². The molecule has 0 fully saturated rings. The van der Waals surface area contributed by atoms with Gasteiger partial charge >= 0.3 is 12.1 Å². The minimum absolute atomic E-state index is 0.0680. The number of benzene rings is 2. The first-order chi connectivity index (χ1) is 19.2. The standard InChI is InChI=1S/C31H43N3O7/c1-8-9-14-34(27(28(37)32-19-26(36)40-7)23-16-20(2)15-21(3)17-23)29(38)25(33-30(39)41-31(4,5)6)18-22-10-12-24(35)13-11-22/h10-13,15-17,25,27,35H,8-9,14,18-19H2,1-7H3,(H,32,37)(H,33,39). The van der Waals surface area contributed by atoms with Gasteiger partial charge in [-0.15, -0.1) is 0 Å². The van der Waals surface area contributed by atoms with Gasteiger partial charge in [-0.3, -0.25) is 14.4 Å². The molecule has 2 atom stereocenters. The summed E-state index contributed by atoms with van der Waals surface area (Å²) < 4.78 is 10.1. The summed E-state index contributed by atoms with van der Waals surface area (Å²) in [6, 6.07) is 9.77. The van der Waals surface area contributed by atoms with Gasteiger partial charge in [0.2, 0.25) is 11.8 Å². The molecule has 0 saturated carbocycles. The van der Waals surface area contributed by atoms with Crippen molar-refractivity contribution >= 4 is 23.9 Å². The molecule has 0 radical (unpaired) electrons. The lowest BCUT2D eigenvalue weighted by Gasteiger charge is -2.35. The number of phenols is 1. The number of nitrogens with zero attached hydrogens (tertiary/aromatic N) is 1. The van der Waals surface area contributed by atoms with E-state index in [0.29, 0.717) is 17.5 Å². The van der Waals surface area contributed by atoms with Crippen molar-refractivity contribution < 1.29 is 33.8 Å². The van der Waals surface area contributed by atoms with Crippen LogP contribution < -0.4 is 10.6 Å². The minimum Gasteiger partial charge on any atom is -0.508 e. The molecule has 0 aliphatic carbocycles. The molecule has 0 bridgehead atoms. The molecule has 2 unspecified atom stereocenters. The van der Waals surface area contributed by atoms with Crippen LogP contribution in [-0.2, 0) is 30.3 Å². The lowest BCUT2D eigenvalue weighted by Crippen LogP contribution is -2.54. The van der Waals surface area contributed by atoms with Gasteiger partial charge in [0.25, 0.3) is 0 Å². The van der Waals surface area contributed by atoms with Gasteiger partial charge in [-0.1, -0.05) is 54.8 Å². The monoisotopic (exact) mass is 569 g/mol. The Hall–Kier alpha value is -4.08. The van der Waals surface area contributed by atoms with Crippen molar-refractivity contribution in [3.05, 3.63) is 64.7 Å². The second-order valence-electron chi connectivity index (χ2n) is 11.1. The molecule has 224 valence electrons. The van der Waals surface area contributed by atoms with E-state index in [4.69, 9.17) is 4.74 Å². The SMILES string of the molecule is CCCCN(C(=O)C(Cc1ccc(O)cc1)NC(=O)OC(C)(C)C)C(C(=O)NCC(=O)OC)c1cc(C)cc(C)c1. The summed E-state index contributed by atoms with van der Waals surface area (Å²) in [5.74, 6) is -1.60. The summed E-state index contributed by atoms with van der Waals surface area (Å²) in [6.07, 6.45) is 0.651. The van der Waals surface area contributed by atoms with E-state index in [-0.39, 0.29) is 25.3 Å². The highest BCUT2D eigenvalue weighted by atomic mass is 16.6. The fourth-order valence-electron chi connectivity index (χ4n) is 4.38. The number of carbonyl (C=O) groups is 4. The van der Waals surface area contributed by atoms with Crippen LogP contribution in [0.25, 0.3) is 0 Å². The third-order valence-corrected chi connectivity index (χ3v) is 6.16. The van der Waals surface area contributed by atoms with Crippen LogP contribution in [0.1, 0.15) is 68.8 Å². The number of hydrogen-bond donors (Lipinski definition) is 3. The van der Waals surface area contributed by atoms with E-state index in [1.165, 1.54) is 24.1 Å². The van der Waals surface area contributed by atoms with Crippen molar-refractivity contribution in [2.75, 3.05) is 20.2 Å². The molecule has 0 spiro atoms. The van der Waals surface area contributed by atoms with Gasteiger partial charge in [-0.25, -0.2) is 4.79 Å². The summed E-state index contributed by atoms with van der Waals surface area (Å²) in [5, 5.41) is 15.0. The van der Waals surface area contributed by atoms with Gasteiger partial charge in [0.05, 0.1) is 7.11 Å². The van der Waals surface area contributed by atoms with Crippen LogP contribution in [0.15, 0.2) is 42.5 Å². The van der Waals surface area contributed by atoms with Gasteiger partial charge in [-0.05, 0) is 64.3 Å². The molecule has 0 saturated heterocycles. The van der Waals surface area contributed by atoms with Crippen molar-refractivity contribution in [3.63, 3.8) is 0 Å². The van der Waals surface area contributed by atoms with E-state index in [0.717, 1.165) is 17.5 Å². The molecule has 2 aromatic rings. The Morgan fingerprint density at radius 3 is 2.15 bits per heavy atom. The predicted molar refractivity (Wildman–Crippen MR) is 155 cm³/mol. The van der Waals surface area contributed by atoms with E-state index in [9.17, 15) is 24.3 Å². The molecule has 0 aromatic heterocycles. The number of carbonyl (C=O) groups excluding carboxylic acids is 4. The third-order valence-electron chi connectivity index (χ3n) is 6.16. The molecule has 0 heterocycles. The van der Waals surface area contributed by atoms with Crippen LogP contribution in [0.4, 0.5) is 4.79 Å². The highest BCUT2D eigenvalue weighted by molar-refractivity contribution is 5.93. The number of aromatic hydroxyl groups is 1. The lowest BCUT2D eigenvalue weighted by atomic mass is 9.97. The molecule has 10 nitrogen and oxygen atoms in total. The zero-order valence-corrected chi connectivity index (χ0v) is 25.1. The van der Waals surface area contributed by atoms with Gasteiger partial charge in [0.15, 0.2) is 0 Å². The molecule has 2 rings (SSSR count). The third kappa shape index (κ3) is 10.8. The molecular weight excluding hydrogens is 526 g/mol.